The molecule has 0 saturated heterocycles. The fraction of sp³-hybridized carbons (Fsp3) is 0.542. The molecule has 2 aromatic rings. The van der Waals surface area contributed by atoms with E-state index in [-0.39, 0.29) is 11.7 Å². The van der Waals surface area contributed by atoms with Gasteiger partial charge in [-0.05, 0) is 55.4 Å². The predicted octanol–water partition coefficient (Wildman–Crippen LogP) is 5.49. The van der Waals surface area contributed by atoms with Crippen LogP contribution in [0.1, 0.15) is 69.9 Å². The largest absolute Gasteiger partial charge is 0.508 e. The Kier molecular flexibility index (Phi) is 6.43. The maximum absolute atomic E-state index is 12.7. The van der Waals surface area contributed by atoms with Crippen LogP contribution in [0.3, 0.4) is 0 Å². The fourth-order valence-corrected chi connectivity index (χ4v) is 4.77. The molecule has 154 valence electrons. The van der Waals surface area contributed by atoms with Gasteiger partial charge >= 0.3 is 0 Å². The Morgan fingerprint density at radius 1 is 0.966 bits per heavy atom. The Balaban J connectivity index is 1.52. The van der Waals surface area contributed by atoms with Crippen LogP contribution in [0.5, 0.6) is 5.75 Å². The molecule has 2 aliphatic carbocycles. The van der Waals surface area contributed by atoms with Crippen molar-refractivity contribution in [2.75, 3.05) is 5.32 Å². The lowest BCUT2D eigenvalue weighted by atomic mass is 9.87. The first-order valence-corrected chi connectivity index (χ1v) is 11.1. The third kappa shape index (κ3) is 5.34. The van der Waals surface area contributed by atoms with E-state index in [9.17, 15) is 9.90 Å². The van der Waals surface area contributed by atoms with Crippen LogP contribution < -0.4 is 5.32 Å². The number of nitrogens with one attached hydrogen (secondary N) is 1. The Morgan fingerprint density at radius 2 is 1.62 bits per heavy atom. The summed E-state index contributed by atoms with van der Waals surface area (Å²) in [6.45, 7) is 0. The SMILES string of the molecule is O=C(CC1CCCCC1)Nc1ncc(-c2ccc(O)cc2)nc1CC1CCCC1. The first-order chi connectivity index (χ1) is 14.2. The summed E-state index contributed by atoms with van der Waals surface area (Å²) in [5.41, 5.74) is 2.59. The molecule has 0 radical (unpaired) electrons. The molecule has 2 saturated carbocycles. The molecule has 2 N–H and O–H groups in total. The van der Waals surface area contributed by atoms with Crippen molar-refractivity contribution >= 4 is 11.7 Å². The molecule has 4 rings (SSSR count). The van der Waals surface area contributed by atoms with E-state index in [1.165, 1.54) is 44.9 Å². The molecule has 0 atom stereocenters. The van der Waals surface area contributed by atoms with Crippen LogP contribution in [0.2, 0.25) is 0 Å². The summed E-state index contributed by atoms with van der Waals surface area (Å²) in [5.74, 6) is 2.05. The fourth-order valence-electron chi connectivity index (χ4n) is 4.77. The van der Waals surface area contributed by atoms with Gasteiger partial charge in [0.2, 0.25) is 5.91 Å². The second kappa shape index (κ2) is 9.38. The minimum Gasteiger partial charge on any atom is -0.508 e. The summed E-state index contributed by atoms with van der Waals surface area (Å²) in [6, 6.07) is 7.01. The molecule has 0 unspecified atom stereocenters. The number of benzene rings is 1. The van der Waals surface area contributed by atoms with Gasteiger partial charge in [-0.1, -0.05) is 44.9 Å². The number of nitrogens with zero attached hydrogens (tertiary/aromatic N) is 2. The minimum atomic E-state index is 0.0660. The highest BCUT2D eigenvalue weighted by molar-refractivity contribution is 5.90. The topological polar surface area (TPSA) is 75.1 Å². The lowest BCUT2D eigenvalue weighted by molar-refractivity contribution is -0.117. The number of phenols is 1. The van der Waals surface area contributed by atoms with Gasteiger partial charge in [0.1, 0.15) is 5.75 Å². The molecule has 29 heavy (non-hydrogen) atoms. The van der Waals surface area contributed by atoms with Crippen molar-refractivity contribution < 1.29 is 9.90 Å². The highest BCUT2D eigenvalue weighted by atomic mass is 16.3. The Bertz CT molecular complexity index is 823. The maximum atomic E-state index is 12.7. The Hall–Kier alpha value is -2.43. The van der Waals surface area contributed by atoms with Crippen LogP contribution >= 0.6 is 0 Å². The molecular weight excluding hydrogens is 362 g/mol. The van der Waals surface area contributed by atoms with Crippen molar-refractivity contribution in [2.24, 2.45) is 11.8 Å². The molecule has 5 heteroatoms. The number of hydrogen-bond acceptors (Lipinski definition) is 4. The van der Waals surface area contributed by atoms with Crippen molar-refractivity contribution in [3.05, 3.63) is 36.2 Å². The number of hydrogen-bond donors (Lipinski definition) is 2. The molecule has 1 aromatic carbocycles. The molecule has 2 fully saturated rings. The quantitative estimate of drug-likeness (QED) is 0.680. The zero-order chi connectivity index (χ0) is 20.1. The van der Waals surface area contributed by atoms with E-state index in [0.29, 0.717) is 24.1 Å². The minimum absolute atomic E-state index is 0.0660. The van der Waals surface area contributed by atoms with Gasteiger partial charge in [-0.2, -0.15) is 0 Å². The summed E-state index contributed by atoms with van der Waals surface area (Å²) in [7, 11) is 0. The van der Waals surface area contributed by atoms with Gasteiger partial charge < -0.3 is 10.4 Å². The van der Waals surface area contributed by atoms with Crippen LogP contribution in [0.25, 0.3) is 11.3 Å². The third-order valence-electron chi connectivity index (χ3n) is 6.42. The van der Waals surface area contributed by atoms with Crippen molar-refractivity contribution in [1.29, 1.82) is 0 Å². The van der Waals surface area contributed by atoms with Gasteiger partial charge in [-0.15, -0.1) is 0 Å². The third-order valence-corrected chi connectivity index (χ3v) is 6.42. The second-order valence-corrected chi connectivity index (χ2v) is 8.71. The summed E-state index contributed by atoms with van der Waals surface area (Å²) in [5, 5.41) is 12.6. The van der Waals surface area contributed by atoms with Crippen LogP contribution in [0, 0.1) is 11.8 Å². The zero-order valence-corrected chi connectivity index (χ0v) is 17.1. The lowest BCUT2D eigenvalue weighted by Crippen LogP contribution is -2.20. The number of rotatable bonds is 6. The number of carbonyl (C=O) groups excluding carboxylic acids is 1. The monoisotopic (exact) mass is 393 g/mol. The summed E-state index contributed by atoms with van der Waals surface area (Å²) < 4.78 is 0. The normalized spacial score (nSPS) is 18.1. The van der Waals surface area contributed by atoms with E-state index in [2.05, 4.69) is 10.3 Å². The van der Waals surface area contributed by atoms with Crippen LogP contribution in [-0.4, -0.2) is 21.0 Å². The van der Waals surface area contributed by atoms with E-state index < -0.39 is 0 Å². The molecule has 2 aliphatic rings. The van der Waals surface area contributed by atoms with Crippen LogP contribution in [0.15, 0.2) is 30.5 Å². The predicted molar refractivity (Wildman–Crippen MR) is 115 cm³/mol. The smallest absolute Gasteiger partial charge is 0.225 e. The van der Waals surface area contributed by atoms with Gasteiger partial charge in [0, 0.05) is 12.0 Å². The van der Waals surface area contributed by atoms with Crippen molar-refractivity contribution in [1.82, 2.24) is 9.97 Å². The average Bonchev–Trinajstić information content (AvgIpc) is 3.24. The number of aromatic hydroxyl groups is 1. The number of carbonyl (C=O) groups is 1. The van der Waals surface area contributed by atoms with Gasteiger partial charge in [0.15, 0.2) is 5.82 Å². The molecule has 1 amide bonds. The zero-order valence-electron chi connectivity index (χ0n) is 17.1. The molecule has 1 aromatic heterocycles. The van der Waals surface area contributed by atoms with Gasteiger partial charge in [0.05, 0.1) is 17.6 Å². The molecule has 1 heterocycles. The summed E-state index contributed by atoms with van der Waals surface area (Å²) in [6.07, 6.45) is 14.3. The van der Waals surface area contributed by atoms with Crippen LogP contribution in [0.4, 0.5) is 5.82 Å². The first kappa shape index (κ1) is 19.9. The van der Waals surface area contributed by atoms with E-state index >= 15 is 0 Å². The van der Waals surface area contributed by atoms with Gasteiger partial charge in [-0.25, -0.2) is 9.97 Å². The molecule has 0 bridgehead atoms. The van der Waals surface area contributed by atoms with E-state index in [4.69, 9.17) is 4.98 Å². The van der Waals surface area contributed by atoms with Gasteiger partial charge in [0.25, 0.3) is 0 Å². The van der Waals surface area contributed by atoms with Crippen molar-refractivity contribution in [2.45, 2.75) is 70.6 Å². The van der Waals surface area contributed by atoms with E-state index in [1.54, 1.807) is 18.3 Å². The number of phenolic OH excluding ortho intramolecular Hbond substituents is 1. The molecule has 5 nitrogen and oxygen atoms in total. The number of amides is 1. The van der Waals surface area contributed by atoms with Crippen molar-refractivity contribution in [3.63, 3.8) is 0 Å². The van der Waals surface area contributed by atoms with Crippen LogP contribution in [-0.2, 0) is 11.2 Å². The standard InChI is InChI=1S/C24H31N3O2/c28-20-12-10-19(11-13-20)22-16-25-24(21(26-22)14-17-8-4-5-9-17)27-23(29)15-18-6-2-1-3-7-18/h10-13,16-18,28H,1-9,14-15H2,(H,25,27,29). The Labute approximate surface area is 173 Å². The summed E-state index contributed by atoms with van der Waals surface area (Å²) in [4.78, 5) is 22.1. The van der Waals surface area contributed by atoms with E-state index in [0.717, 1.165) is 36.2 Å². The average molecular weight is 394 g/mol. The van der Waals surface area contributed by atoms with Gasteiger partial charge in [-0.3, -0.25) is 4.79 Å². The van der Waals surface area contributed by atoms with Crippen molar-refractivity contribution in [3.8, 4) is 17.0 Å². The number of aromatic nitrogens is 2. The second-order valence-electron chi connectivity index (χ2n) is 8.71. The van der Waals surface area contributed by atoms with E-state index in [1.807, 2.05) is 12.1 Å². The number of anilines is 1. The highest BCUT2D eigenvalue weighted by Crippen LogP contribution is 2.31. The Morgan fingerprint density at radius 3 is 2.34 bits per heavy atom. The molecular formula is C24H31N3O2. The highest BCUT2D eigenvalue weighted by Gasteiger charge is 2.22. The lowest BCUT2D eigenvalue weighted by Gasteiger charge is -2.21. The molecule has 0 spiro atoms. The first-order valence-electron chi connectivity index (χ1n) is 11.1. The molecule has 0 aliphatic heterocycles. The summed E-state index contributed by atoms with van der Waals surface area (Å²) >= 11 is 0. The maximum Gasteiger partial charge on any atom is 0.225 e.